The van der Waals surface area contributed by atoms with E-state index in [0.717, 1.165) is 32.9 Å². The van der Waals surface area contributed by atoms with Crippen LogP contribution in [0.4, 0.5) is 21.0 Å². The summed E-state index contributed by atoms with van der Waals surface area (Å²) in [5, 5.41) is 24.6. The van der Waals surface area contributed by atoms with Gasteiger partial charge < -0.3 is 45.5 Å². The highest BCUT2D eigenvalue weighted by Gasteiger charge is 2.40. The van der Waals surface area contributed by atoms with E-state index in [-0.39, 0.29) is 88.4 Å². The van der Waals surface area contributed by atoms with Gasteiger partial charge in [-0.25, -0.2) is 28.8 Å². The minimum atomic E-state index is -0.732. The molecule has 0 saturated carbocycles. The largest absolute Gasteiger partial charge is 0.392 e. The van der Waals surface area contributed by atoms with E-state index in [4.69, 9.17) is 35.0 Å². The van der Waals surface area contributed by atoms with Crippen molar-refractivity contribution in [1.29, 1.82) is 0 Å². The molecule has 23 heteroatoms. The number of β-amino-alcohol motifs (C(OH)–C–C–N with tert-alkyl or cyclic N) is 1. The maximum atomic E-state index is 14.4. The number of nitrogens with one attached hydrogen (secondary N) is 3. The normalized spacial score (nSPS) is 19.1. The highest BCUT2D eigenvalue weighted by Crippen LogP contribution is 2.36. The summed E-state index contributed by atoms with van der Waals surface area (Å²) in [6.07, 6.45) is 3.19. The van der Waals surface area contributed by atoms with Crippen LogP contribution >= 0.6 is 11.3 Å². The third-order valence-electron chi connectivity index (χ3n) is 14.9. The molecule has 3 aromatic carbocycles. The van der Waals surface area contributed by atoms with Gasteiger partial charge in [0.05, 0.1) is 79.4 Å². The van der Waals surface area contributed by atoms with Crippen molar-refractivity contribution in [2.75, 3.05) is 109 Å². The van der Waals surface area contributed by atoms with Crippen molar-refractivity contribution in [3.05, 3.63) is 125 Å². The zero-order valence-electron chi connectivity index (χ0n) is 45.3. The average molecular weight is 1120 g/mol. The molecular formula is C57H70FN13O8S. The first-order valence-corrected chi connectivity index (χ1v) is 27.9. The molecule has 6 N–H and O–H groups in total. The summed E-state index contributed by atoms with van der Waals surface area (Å²) in [5.74, 6) is -0.234. The number of anilines is 2. The quantitative estimate of drug-likeness (QED) is 0.0517. The Labute approximate surface area is 468 Å². The zero-order chi connectivity index (χ0) is 56.1. The first-order chi connectivity index (χ1) is 38.8. The number of amides is 5. The predicted octanol–water partition coefficient (Wildman–Crippen LogP) is 4.68. The lowest BCUT2D eigenvalue weighted by Crippen LogP contribution is -2.49. The van der Waals surface area contributed by atoms with Gasteiger partial charge in [-0.3, -0.25) is 29.5 Å². The highest BCUT2D eigenvalue weighted by molar-refractivity contribution is 7.13. The molecule has 0 spiro atoms. The molecule has 3 saturated heterocycles. The number of rotatable bonds is 24. The number of para-hydroxylation sites is 1. The van der Waals surface area contributed by atoms with Crippen molar-refractivity contribution >= 4 is 46.9 Å². The number of aliphatic hydroxyl groups is 1. The van der Waals surface area contributed by atoms with Gasteiger partial charge in [0.2, 0.25) is 23.7 Å². The van der Waals surface area contributed by atoms with Crippen LogP contribution in [0, 0.1) is 19.7 Å². The van der Waals surface area contributed by atoms with E-state index in [1.54, 1.807) is 47.1 Å². The minimum Gasteiger partial charge on any atom is -0.392 e. The van der Waals surface area contributed by atoms with Crippen molar-refractivity contribution in [3.63, 3.8) is 0 Å². The maximum Gasteiger partial charge on any atom is 0.320 e. The molecule has 0 radical (unpaired) electrons. The fraction of sp³-hybridized carbons (Fsp3) is 0.439. The Balaban J connectivity index is 0.702. The summed E-state index contributed by atoms with van der Waals surface area (Å²) in [5.41, 5.74) is 13.8. The maximum absolute atomic E-state index is 14.4. The summed E-state index contributed by atoms with van der Waals surface area (Å²) in [7, 11) is 1.65. The molecule has 80 heavy (non-hydrogen) atoms. The number of aromatic nitrogens is 5. The van der Waals surface area contributed by atoms with E-state index < -0.39 is 30.1 Å². The lowest BCUT2D eigenvalue weighted by molar-refractivity contribution is -0.132. The van der Waals surface area contributed by atoms with Gasteiger partial charge in [0.15, 0.2) is 0 Å². The molecule has 6 heterocycles. The number of urea groups is 1. The number of halogens is 1. The van der Waals surface area contributed by atoms with Crippen LogP contribution in [0.15, 0.2) is 96.8 Å². The van der Waals surface area contributed by atoms with Gasteiger partial charge in [0, 0.05) is 108 Å². The van der Waals surface area contributed by atoms with Crippen LogP contribution in [0.1, 0.15) is 53.6 Å². The smallest absolute Gasteiger partial charge is 0.320 e. The fourth-order valence-corrected chi connectivity index (χ4v) is 11.5. The van der Waals surface area contributed by atoms with Gasteiger partial charge in [-0.05, 0) is 61.2 Å². The Morgan fingerprint density at radius 2 is 1.61 bits per heavy atom. The van der Waals surface area contributed by atoms with Crippen LogP contribution in [0.2, 0.25) is 0 Å². The van der Waals surface area contributed by atoms with Crippen LogP contribution in [0.5, 0.6) is 0 Å². The third kappa shape index (κ3) is 14.4. The number of thiazole rings is 1. The van der Waals surface area contributed by atoms with Crippen molar-refractivity contribution in [2.24, 2.45) is 5.73 Å². The summed E-state index contributed by atoms with van der Waals surface area (Å²) >= 11 is 1.55. The summed E-state index contributed by atoms with van der Waals surface area (Å²) < 4.78 is 32.8. The number of carbonyl (C=O) groups excluding carboxylic acids is 4. The van der Waals surface area contributed by atoms with Crippen LogP contribution < -0.4 is 26.6 Å². The summed E-state index contributed by atoms with van der Waals surface area (Å²) in [6.45, 7) is 9.89. The first-order valence-electron chi connectivity index (χ1n) is 27.0. The number of aliphatic hydroxyl groups excluding tert-OH is 1. The molecule has 3 fully saturated rings. The minimum absolute atomic E-state index is 0.0134. The number of nitrogens with zero attached hydrogens (tertiary/aromatic N) is 9. The predicted molar refractivity (Wildman–Crippen MR) is 301 cm³/mol. The molecule has 3 aliphatic rings. The molecule has 5 atom stereocenters. The van der Waals surface area contributed by atoms with Gasteiger partial charge in [0.25, 0.3) is 0 Å². The van der Waals surface area contributed by atoms with Gasteiger partial charge in [0.1, 0.15) is 17.3 Å². The topological polar surface area (TPSA) is 248 Å². The summed E-state index contributed by atoms with van der Waals surface area (Å²) in [4.78, 5) is 75.4. The van der Waals surface area contributed by atoms with Crippen molar-refractivity contribution < 1.29 is 42.9 Å². The third-order valence-corrected chi connectivity index (χ3v) is 15.9. The number of likely N-dealkylation sites (tertiary alicyclic amines) is 2. The second kappa shape index (κ2) is 27.3. The zero-order valence-corrected chi connectivity index (χ0v) is 46.2. The lowest BCUT2D eigenvalue weighted by atomic mass is 9.94. The molecule has 21 nitrogen and oxygen atoms in total. The molecule has 2 unspecified atom stereocenters. The number of hydrogen-bond acceptors (Lipinski definition) is 16. The van der Waals surface area contributed by atoms with Gasteiger partial charge in [-0.15, -0.1) is 11.3 Å². The number of benzene rings is 3. The van der Waals surface area contributed by atoms with Gasteiger partial charge in [-0.2, -0.15) is 5.10 Å². The molecule has 5 amide bonds. The number of piperazine rings is 1. The average Bonchev–Trinajstić information content (AvgIpc) is 4.27. The van der Waals surface area contributed by atoms with E-state index in [1.165, 1.54) is 12.1 Å². The lowest BCUT2D eigenvalue weighted by Gasteiger charge is -2.34. The monoisotopic (exact) mass is 1120 g/mol. The first kappa shape index (κ1) is 57.4. The summed E-state index contributed by atoms with van der Waals surface area (Å²) in [6, 6.07) is 22.0. The Kier molecular flexibility index (Phi) is 19.6. The molecule has 0 aliphatic carbocycles. The Morgan fingerprint density at radius 3 is 2.31 bits per heavy atom. The Morgan fingerprint density at radius 1 is 0.863 bits per heavy atom. The number of ether oxygens (including phenoxy) is 3. The van der Waals surface area contributed by atoms with E-state index in [2.05, 4.69) is 25.8 Å². The number of hydrogen-bond donors (Lipinski definition) is 5. The van der Waals surface area contributed by atoms with Crippen LogP contribution in [-0.2, 0) is 28.6 Å². The van der Waals surface area contributed by atoms with Gasteiger partial charge in [-0.1, -0.05) is 54.6 Å². The number of nitrogens with two attached hydrogens (primary N) is 1. The Hall–Kier alpha value is -7.25. The molecule has 6 aromatic rings. The number of primary amides is 1. The van der Waals surface area contributed by atoms with Crippen molar-refractivity contribution in [2.45, 2.75) is 63.3 Å². The highest BCUT2D eigenvalue weighted by atomic mass is 32.1. The van der Waals surface area contributed by atoms with E-state index in [9.17, 15) is 28.7 Å². The standard InChI is InChI=1S/C57H70FN13O8S/c1-37-52(66-71(44-10-5-4-6-11-44)55(37)65-57(76)64-47-35-67(22-25-77-3)34-46(47)41-8-7-9-43(58)28-41)42-31-61-56(62-32-42)69-20-18-68(19-21-69)51(74)16-23-78-26-27-79-24-17-60-50(73)30-48(70-33-45(72)29-49(70)54(59)75)39-12-14-40(15-13-39)53-38(2)63-36-80-53/h4-15,28,31-32,36,45-49,72H,16-27,29-30,33-35H2,1-3H3,(H2,59,75)(H,60,73)(H2,64,65,76)/t45?,46-,47+,48-,49?/m0/s1. The second-order valence-corrected chi connectivity index (χ2v) is 21.1. The van der Waals surface area contributed by atoms with E-state index in [1.807, 2.05) is 89.2 Å². The SMILES string of the molecule is COCCN1C[C@@H](NC(=O)Nc2c(C)c(-c3cnc(N4CCN(C(=O)CCOCCOCCNC(=O)C[C@@H](c5ccc(-c6scnc6C)cc5)N5CC(O)CC5C(N)=O)CC4)nc3)nn2-c2ccccc2)[C@H](c2cccc(F)c2)C1. The molecule has 424 valence electrons. The molecule has 3 aromatic heterocycles. The number of carbonyl (C=O) groups is 4. The molecule has 9 rings (SSSR count). The number of aryl methyl sites for hydroxylation is 1. The van der Waals surface area contributed by atoms with Crippen LogP contribution in [-0.4, -0.2) is 186 Å². The Bertz CT molecular complexity index is 3030. The molecular weight excluding hydrogens is 1050 g/mol. The molecule has 0 bridgehead atoms. The second-order valence-electron chi connectivity index (χ2n) is 20.3. The van der Waals surface area contributed by atoms with E-state index in [0.29, 0.717) is 81.0 Å². The number of methoxy groups -OCH3 is 1. The van der Waals surface area contributed by atoms with Crippen LogP contribution in [0.25, 0.3) is 27.4 Å². The van der Waals surface area contributed by atoms with Gasteiger partial charge >= 0.3 is 6.03 Å². The van der Waals surface area contributed by atoms with Crippen molar-refractivity contribution in [1.82, 2.24) is 50.1 Å². The van der Waals surface area contributed by atoms with Crippen LogP contribution in [0.3, 0.4) is 0 Å². The fourth-order valence-electron chi connectivity index (χ4n) is 10.7. The van der Waals surface area contributed by atoms with E-state index >= 15 is 0 Å². The van der Waals surface area contributed by atoms with Crippen molar-refractivity contribution in [3.8, 4) is 27.4 Å². The molecule has 3 aliphatic heterocycles.